The second-order valence-electron chi connectivity index (χ2n) is 12.5. The van der Waals surface area contributed by atoms with Crippen LogP contribution in [0.25, 0.3) is 89.5 Å². The summed E-state index contributed by atoms with van der Waals surface area (Å²) >= 11 is 0. The van der Waals surface area contributed by atoms with Crippen molar-refractivity contribution < 1.29 is 4.42 Å². The van der Waals surface area contributed by atoms with Crippen LogP contribution >= 0.6 is 0 Å². The van der Waals surface area contributed by atoms with Gasteiger partial charge in [0.1, 0.15) is 11.2 Å². The molecular formula is C46H31N3O. The summed E-state index contributed by atoms with van der Waals surface area (Å²) in [6, 6.07) is 58.6. The van der Waals surface area contributed by atoms with E-state index in [1.807, 2.05) is 30.3 Å². The van der Waals surface area contributed by atoms with Gasteiger partial charge in [-0.2, -0.15) is 0 Å². The lowest BCUT2D eigenvalue weighted by Crippen LogP contribution is -2.01. The Morgan fingerprint density at radius 1 is 0.360 bits per heavy atom. The van der Waals surface area contributed by atoms with Crippen LogP contribution < -0.4 is 0 Å². The molecule has 7 aromatic carbocycles. The molecule has 0 bridgehead atoms. The Morgan fingerprint density at radius 3 is 1.66 bits per heavy atom. The summed E-state index contributed by atoms with van der Waals surface area (Å²) in [5, 5.41) is 2.15. The third-order valence-electron chi connectivity index (χ3n) is 9.22. The molecule has 0 atom stereocenters. The molecule has 4 nitrogen and oxygen atoms in total. The number of nitrogens with zero attached hydrogens (tertiary/aromatic N) is 3. The highest BCUT2D eigenvalue weighted by Crippen LogP contribution is 2.39. The molecule has 0 N–H and O–H groups in total. The van der Waals surface area contributed by atoms with Gasteiger partial charge in [-0.3, -0.25) is 0 Å². The van der Waals surface area contributed by atoms with Gasteiger partial charge in [-0.25, -0.2) is 15.0 Å². The lowest BCUT2D eigenvalue weighted by atomic mass is 9.98. The van der Waals surface area contributed by atoms with Crippen molar-refractivity contribution in [2.24, 2.45) is 0 Å². The summed E-state index contributed by atoms with van der Waals surface area (Å²) in [4.78, 5) is 15.3. The maximum Gasteiger partial charge on any atom is 0.164 e. The number of aromatic nitrogens is 3. The summed E-state index contributed by atoms with van der Waals surface area (Å²) in [7, 11) is 0. The Labute approximate surface area is 290 Å². The highest BCUT2D eigenvalue weighted by Gasteiger charge is 2.18. The molecule has 0 amide bonds. The molecule has 0 unspecified atom stereocenters. The molecular weight excluding hydrogens is 611 g/mol. The van der Waals surface area contributed by atoms with Gasteiger partial charge in [0, 0.05) is 27.5 Å². The van der Waals surface area contributed by atoms with Crippen molar-refractivity contribution in [1.82, 2.24) is 15.0 Å². The van der Waals surface area contributed by atoms with Crippen LogP contribution in [0.4, 0.5) is 0 Å². The number of benzene rings is 7. The third-order valence-corrected chi connectivity index (χ3v) is 9.22. The summed E-state index contributed by atoms with van der Waals surface area (Å²) in [6.07, 6.45) is 0. The van der Waals surface area contributed by atoms with E-state index in [0.29, 0.717) is 17.5 Å². The van der Waals surface area contributed by atoms with Gasteiger partial charge in [0.05, 0.1) is 0 Å². The molecule has 0 spiro atoms. The summed E-state index contributed by atoms with van der Waals surface area (Å²) in [6.45, 7) is 2.11. The monoisotopic (exact) mass is 641 g/mol. The van der Waals surface area contributed by atoms with Crippen molar-refractivity contribution in [2.75, 3.05) is 0 Å². The van der Waals surface area contributed by atoms with E-state index in [2.05, 4.69) is 146 Å². The van der Waals surface area contributed by atoms with Gasteiger partial charge >= 0.3 is 0 Å². The van der Waals surface area contributed by atoms with Gasteiger partial charge in [-0.05, 0) is 58.5 Å². The van der Waals surface area contributed by atoms with Crippen molar-refractivity contribution in [1.29, 1.82) is 0 Å². The van der Waals surface area contributed by atoms with E-state index in [1.54, 1.807) is 0 Å². The molecule has 50 heavy (non-hydrogen) atoms. The van der Waals surface area contributed by atoms with E-state index in [1.165, 1.54) is 11.1 Å². The Kier molecular flexibility index (Phi) is 7.33. The van der Waals surface area contributed by atoms with Crippen LogP contribution in [0.3, 0.4) is 0 Å². The molecule has 9 aromatic rings. The molecule has 0 aliphatic heterocycles. The number of hydrogen-bond donors (Lipinski definition) is 0. The Balaban J connectivity index is 1.21. The molecule has 0 radical (unpaired) electrons. The minimum atomic E-state index is 0.585. The number of rotatable bonds is 6. The van der Waals surface area contributed by atoms with Crippen molar-refractivity contribution in [3.63, 3.8) is 0 Å². The maximum atomic E-state index is 6.48. The summed E-state index contributed by atoms with van der Waals surface area (Å²) < 4.78 is 6.48. The molecule has 0 aliphatic carbocycles. The van der Waals surface area contributed by atoms with Crippen LogP contribution in [-0.2, 0) is 0 Å². The van der Waals surface area contributed by atoms with E-state index in [0.717, 1.165) is 66.4 Å². The van der Waals surface area contributed by atoms with Gasteiger partial charge in [0.2, 0.25) is 0 Å². The first-order chi connectivity index (χ1) is 24.7. The van der Waals surface area contributed by atoms with E-state index in [-0.39, 0.29) is 0 Å². The van der Waals surface area contributed by atoms with Crippen molar-refractivity contribution in [3.05, 3.63) is 175 Å². The van der Waals surface area contributed by atoms with Crippen molar-refractivity contribution in [2.45, 2.75) is 6.92 Å². The van der Waals surface area contributed by atoms with Gasteiger partial charge < -0.3 is 4.42 Å². The molecule has 2 aromatic heterocycles. The second kappa shape index (κ2) is 12.4. The van der Waals surface area contributed by atoms with E-state index < -0.39 is 0 Å². The van der Waals surface area contributed by atoms with Crippen molar-refractivity contribution in [3.8, 4) is 67.5 Å². The van der Waals surface area contributed by atoms with Crippen LogP contribution in [0, 0.1) is 6.92 Å². The number of hydrogen-bond acceptors (Lipinski definition) is 4. The van der Waals surface area contributed by atoms with Gasteiger partial charge in [0.15, 0.2) is 17.5 Å². The predicted octanol–water partition coefficient (Wildman–Crippen LogP) is 12.1. The smallest absolute Gasteiger partial charge is 0.164 e. The topological polar surface area (TPSA) is 51.8 Å². The molecule has 236 valence electrons. The van der Waals surface area contributed by atoms with E-state index in [9.17, 15) is 0 Å². The summed E-state index contributed by atoms with van der Waals surface area (Å²) in [5.41, 5.74) is 12.4. The minimum absolute atomic E-state index is 0.585. The van der Waals surface area contributed by atoms with Gasteiger partial charge in [-0.15, -0.1) is 0 Å². The van der Waals surface area contributed by atoms with Crippen LogP contribution in [0.5, 0.6) is 0 Å². The number of furan rings is 1. The molecule has 2 heterocycles. The van der Waals surface area contributed by atoms with E-state index >= 15 is 0 Å². The standard InChI is InChI=1S/C46H31N3O/c1-30-12-10-17-35(28-30)31-22-24-34(25-23-31)44-47-45(49-46(48-44)39-19-9-8-18-37(39)32-13-4-2-5-14-32)36-26-27-40-42(29-36)50-41-21-11-20-38(43(40)41)33-15-6-3-7-16-33/h2-29H,1H3. The second-order valence-corrected chi connectivity index (χ2v) is 12.5. The van der Waals surface area contributed by atoms with Gasteiger partial charge in [-0.1, -0.05) is 157 Å². The highest BCUT2D eigenvalue weighted by atomic mass is 16.3. The first kappa shape index (κ1) is 29.5. The highest BCUT2D eigenvalue weighted by molar-refractivity contribution is 6.13. The van der Waals surface area contributed by atoms with E-state index in [4.69, 9.17) is 19.4 Å². The number of fused-ring (bicyclic) bond motifs is 3. The zero-order valence-corrected chi connectivity index (χ0v) is 27.4. The molecule has 0 fully saturated rings. The Morgan fingerprint density at radius 2 is 0.920 bits per heavy atom. The van der Waals surface area contributed by atoms with Crippen LogP contribution in [0.15, 0.2) is 174 Å². The molecule has 0 saturated carbocycles. The molecule has 0 aliphatic rings. The number of aryl methyl sites for hydroxylation is 1. The van der Waals surface area contributed by atoms with Gasteiger partial charge in [0.25, 0.3) is 0 Å². The normalized spacial score (nSPS) is 11.3. The fourth-order valence-corrected chi connectivity index (χ4v) is 6.76. The molecule has 9 rings (SSSR count). The van der Waals surface area contributed by atoms with Crippen LogP contribution in [0.1, 0.15) is 5.56 Å². The largest absolute Gasteiger partial charge is 0.456 e. The minimum Gasteiger partial charge on any atom is -0.456 e. The Bertz CT molecular complexity index is 2640. The zero-order valence-electron chi connectivity index (χ0n) is 27.4. The van der Waals surface area contributed by atoms with Crippen molar-refractivity contribution >= 4 is 21.9 Å². The Hall–Kier alpha value is -6.65. The average molecular weight is 642 g/mol. The van der Waals surface area contributed by atoms with Crippen LogP contribution in [-0.4, -0.2) is 15.0 Å². The fourth-order valence-electron chi connectivity index (χ4n) is 6.76. The average Bonchev–Trinajstić information content (AvgIpc) is 3.57. The lowest BCUT2D eigenvalue weighted by molar-refractivity contribution is 0.669. The predicted molar refractivity (Wildman–Crippen MR) is 204 cm³/mol. The quantitative estimate of drug-likeness (QED) is 0.181. The summed E-state index contributed by atoms with van der Waals surface area (Å²) in [5.74, 6) is 1.81. The lowest BCUT2D eigenvalue weighted by Gasteiger charge is -2.12. The molecule has 4 heteroatoms. The molecule has 0 saturated heterocycles. The van der Waals surface area contributed by atoms with Crippen LogP contribution in [0.2, 0.25) is 0 Å². The maximum absolute atomic E-state index is 6.48. The zero-order chi connectivity index (χ0) is 33.4. The first-order valence-electron chi connectivity index (χ1n) is 16.8. The first-order valence-corrected chi connectivity index (χ1v) is 16.8. The SMILES string of the molecule is Cc1cccc(-c2ccc(-c3nc(-c4ccc5c(c4)oc4cccc(-c6ccccc6)c45)nc(-c4ccccc4-c4ccccc4)n3)cc2)c1. The fraction of sp³-hybridized carbons (Fsp3) is 0.0217. The third kappa shape index (κ3) is 5.43.